The summed E-state index contributed by atoms with van der Waals surface area (Å²) in [6.07, 6.45) is 0. The molecule has 2 fully saturated rings. The van der Waals surface area contributed by atoms with E-state index in [1.165, 1.54) is 9.21 Å². The van der Waals surface area contributed by atoms with Crippen LogP contribution in [0.2, 0.25) is 0 Å². The SMILES string of the molecule is C[C@]1(c2ccc3c(c2)OCO3)NC(=O)N(CN2CCN(S(=O)(=O)c3ccccc3)CC2)C1=O. The van der Waals surface area contributed by atoms with Gasteiger partial charge in [-0.25, -0.2) is 18.1 Å². The summed E-state index contributed by atoms with van der Waals surface area (Å²) in [7, 11) is -3.57. The standard InChI is InChI=1S/C22H24N4O6S/c1-22(16-7-8-18-19(13-16)32-15-31-18)20(27)26(21(28)23-22)14-24-9-11-25(12-10-24)33(29,30)17-5-3-2-4-6-17/h2-8,13H,9-12,14-15H2,1H3,(H,23,28)/t22-/m1/s1. The Bertz CT molecular complexity index is 1200. The van der Waals surface area contributed by atoms with Crippen LogP contribution in [0, 0.1) is 0 Å². The molecule has 2 aromatic rings. The lowest BCUT2D eigenvalue weighted by Gasteiger charge is -2.35. The predicted octanol–water partition coefficient (Wildman–Crippen LogP) is 1.15. The first-order chi connectivity index (χ1) is 15.8. The van der Waals surface area contributed by atoms with E-state index in [0.717, 1.165) is 0 Å². The van der Waals surface area contributed by atoms with Crippen LogP contribution < -0.4 is 14.8 Å². The Morgan fingerprint density at radius 2 is 1.67 bits per heavy atom. The third kappa shape index (κ3) is 3.71. The second-order valence-corrected chi connectivity index (χ2v) is 10.3. The molecule has 0 spiro atoms. The molecule has 1 N–H and O–H groups in total. The number of hydrogen-bond donors (Lipinski definition) is 1. The van der Waals surface area contributed by atoms with Gasteiger partial charge in [-0.05, 0) is 36.8 Å². The Morgan fingerprint density at radius 1 is 0.970 bits per heavy atom. The molecule has 11 heteroatoms. The number of benzene rings is 2. The normalized spacial score (nSPS) is 23.7. The fourth-order valence-corrected chi connectivity index (χ4v) is 5.72. The number of imide groups is 1. The fourth-order valence-electron chi connectivity index (χ4n) is 4.28. The van der Waals surface area contributed by atoms with Gasteiger partial charge in [0.25, 0.3) is 5.91 Å². The lowest BCUT2D eigenvalue weighted by atomic mass is 9.92. The van der Waals surface area contributed by atoms with E-state index in [9.17, 15) is 18.0 Å². The van der Waals surface area contributed by atoms with Gasteiger partial charge in [0, 0.05) is 26.2 Å². The Kier molecular flexibility index (Phi) is 5.26. The molecule has 0 saturated carbocycles. The Labute approximate surface area is 191 Å². The van der Waals surface area contributed by atoms with Crippen molar-refractivity contribution in [2.45, 2.75) is 17.4 Å². The number of amides is 3. The van der Waals surface area contributed by atoms with Gasteiger partial charge >= 0.3 is 6.03 Å². The van der Waals surface area contributed by atoms with Crippen LogP contribution in [0.4, 0.5) is 4.79 Å². The van der Waals surface area contributed by atoms with Crippen LogP contribution in [0.3, 0.4) is 0 Å². The van der Waals surface area contributed by atoms with Gasteiger partial charge in [-0.3, -0.25) is 9.69 Å². The van der Waals surface area contributed by atoms with E-state index in [4.69, 9.17) is 9.47 Å². The molecule has 3 aliphatic heterocycles. The van der Waals surface area contributed by atoms with Crippen LogP contribution in [0.25, 0.3) is 0 Å². The van der Waals surface area contributed by atoms with Gasteiger partial charge in [-0.1, -0.05) is 24.3 Å². The van der Waals surface area contributed by atoms with Crippen molar-refractivity contribution in [1.82, 2.24) is 19.4 Å². The number of carbonyl (C=O) groups excluding carboxylic acids is 2. The van der Waals surface area contributed by atoms with Crippen molar-refractivity contribution < 1.29 is 27.5 Å². The van der Waals surface area contributed by atoms with Gasteiger partial charge < -0.3 is 14.8 Å². The first-order valence-corrected chi connectivity index (χ1v) is 12.0. The molecule has 0 aromatic heterocycles. The van der Waals surface area contributed by atoms with Crippen LogP contribution in [0.15, 0.2) is 53.4 Å². The van der Waals surface area contributed by atoms with Gasteiger partial charge in [-0.2, -0.15) is 4.31 Å². The molecule has 0 radical (unpaired) electrons. The predicted molar refractivity (Wildman–Crippen MR) is 117 cm³/mol. The molecule has 0 aliphatic carbocycles. The van der Waals surface area contributed by atoms with Gasteiger partial charge in [0.1, 0.15) is 5.54 Å². The second kappa shape index (κ2) is 8.01. The van der Waals surface area contributed by atoms with Crippen LogP contribution in [0.1, 0.15) is 12.5 Å². The smallest absolute Gasteiger partial charge is 0.326 e. The molecule has 3 amide bonds. The number of urea groups is 1. The lowest BCUT2D eigenvalue weighted by Crippen LogP contribution is -2.52. The third-order valence-corrected chi connectivity index (χ3v) is 8.19. The number of nitrogens with one attached hydrogen (secondary N) is 1. The van der Waals surface area contributed by atoms with E-state index >= 15 is 0 Å². The highest BCUT2D eigenvalue weighted by atomic mass is 32.2. The number of fused-ring (bicyclic) bond motifs is 1. The summed E-state index contributed by atoms with van der Waals surface area (Å²) < 4.78 is 37.8. The molecular formula is C22H24N4O6S. The van der Waals surface area contributed by atoms with Gasteiger partial charge in [-0.15, -0.1) is 0 Å². The number of rotatable bonds is 5. The van der Waals surface area contributed by atoms with Crippen molar-refractivity contribution in [1.29, 1.82) is 0 Å². The summed E-state index contributed by atoms with van der Waals surface area (Å²) in [4.78, 5) is 29.3. The van der Waals surface area contributed by atoms with E-state index in [2.05, 4.69) is 5.32 Å². The number of nitrogens with zero attached hydrogens (tertiary/aromatic N) is 3. The summed E-state index contributed by atoms with van der Waals surface area (Å²) in [5.74, 6) is 0.759. The summed E-state index contributed by atoms with van der Waals surface area (Å²) >= 11 is 0. The van der Waals surface area contributed by atoms with E-state index < -0.39 is 21.6 Å². The highest BCUT2D eigenvalue weighted by molar-refractivity contribution is 7.89. The molecule has 3 heterocycles. The molecule has 2 saturated heterocycles. The number of carbonyl (C=O) groups is 2. The molecule has 10 nitrogen and oxygen atoms in total. The molecule has 0 unspecified atom stereocenters. The molecule has 0 bridgehead atoms. The number of piperazine rings is 1. The first kappa shape index (κ1) is 21.7. The number of ether oxygens (including phenoxy) is 2. The first-order valence-electron chi connectivity index (χ1n) is 10.6. The van der Waals surface area contributed by atoms with Crippen molar-refractivity contribution in [3.63, 3.8) is 0 Å². The monoisotopic (exact) mass is 472 g/mol. The topological polar surface area (TPSA) is 108 Å². The molecule has 5 rings (SSSR count). The summed E-state index contributed by atoms with van der Waals surface area (Å²) in [5.41, 5.74) is -0.623. The van der Waals surface area contributed by atoms with Crippen molar-refractivity contribution in [2.24, 2.45) is 0 Å². The van der Waals surface area contributed by atoms with Crippen molar-refractivity contribution in [3.05, 3.63) is 54.1 Å². The van der Waals surface area contributed by atoms with Gasteiger partial charge in [0.05, 0.1) is 11.6 Å². The molecule has 33 heavy (non-hydrogen) atoms. The highest BCUT2D eigenvalue weighted by Crippen LogP contribution is 2.37. The molecule has 1 atom stereocenters. The molecule has 174 valence electrons. The van der Waals surface area contributed by atoms with E-state index in [0.29, 0.717) is 30.2 Å². The van der Waals surface area contributed by atoms with Crippen LogP contribution >= 0.6 is 0 Å². The largest absolute Gasteiger partial charge is 0.454 e. The zero-order valence-corrected chi connectivity index (χ0v) is 18.9. The molecule has 3 aliphatic rings. The minimum absolute atomic E-state index is 0.0873. The summed E-state index contributed by atoms with van der Waals surface area (Å²) in [6.45, 7) is 3.24. The zero-order chi connectivity index (χ0) is 23.2. The minimum Gasteiger partial charge on any atom is -0.454 e. The van der Waals surface area contributed by atoms with Gasteiger partial charge in [0.15, 0.2) is 11.5 Å². The fraction of sp³-hybridized carbons (Fsp3) is 0.364. The average molecular weight is 473 g/mol. The molecular weight excluding hydrogens is 448 g/mol. The van der Waals surface area contributed by atoms with Gasteiger partial charge in [0.2, 0.25) is 16.8 Å². The van der Waals surface area contributed by atoms with Crippen LogP contribution in [-0.4, -0.2) is 74.1 Å². The highest BCUT2D eigenvalue weighted by Gasteiger charge is 2.50. The van der Waals surface area contributed by atoms with E-state index in [1.54, 1.807) is 55.5 Å². The second-order valence-electron chi connectivity index (χ2n) is 8.33. The number of hydrogen-bond acceptors (Lipinski definition) is 7. The summed E-state index contributed by atoms with van der Waals surface area (Å²) in [5, 5.41) is 2.79. The lowest BCUT2D eigenvalue weighted by molar-refractivity contribution is -0.132. The minimum atomic E-state index is -3.57. The quantitative estimate of drug-likeness (QED) is 0.650. The van der Waals surface area contributed by atoms with E-state index in [-0.39, 0.29) is 37.4 Å². The zero-order valence-electron chi connectivity index (χ0n) is 18.1. The Hall–Kier alpha value is -3.15. The third-order valence-electron chi connectivity index (χ3n) is 6.28. The Morgan fingerprint density at radius 3 is 2.39 bits per heavy atom. The average Bonchev–Trinajstić information content (AvgIpc) is 3.38. The summed E-state index contributed by atoms with van der Waals surface area (Å²) in [6, 6.07) is 13.0. The molecule has 2 aromatic carbocycles. The van der Waals surface area contributed by atoms with Crippen molar-refractivity contribution in [2.75, 3.05) is 39.6 Å². The van der Waals surface area contributed by atoms with Crippen molar-refractivity contribution >= 4 is 22.0 Å². The Balaban J connectivity index is 1.25. The maximum absolute atomic E-state index is 13.3. The number of sulfonamides is 1. The van der Waals surface area contributed by atoms with Crippen LogP contribution in [0.5, 0.6) is 11.5 Å². The van der Waals surface area contributed by atoms with E-state index in [1.807, 2.05) is 4.90 Å². The van der Waals surface area contributed by atoms with Crippen LogP contribution in [-0.2, 0) is 20.4 Å². The maximum Gasteiger partial charge on any atom is 0.326 e. The maximum atomic E-state index is 13.3. The van der Waals surface area contributed by atoms with Crippen molar-refractivity contribution in [3.8, 4) is 11.5 Å².